The van der Waals surface area contributed by atoms with E-state index >= 15 is 0 Å². The van der Waals surface area contributed by atoms with E-state index in [2.05, 4.69) is 0 Å². The normalized spacial score (nSPS) is 12.2. The number of carbonyl (C=O) groups is 1. The summed E-state index contributed by atoms with van der Waals surface area (Å²) in [6.07, 6.45) is -0.647. The highest BCUT2D eigenvalue weighted by molar-refractivity contribution is 5.89. The molecular weight excluding hydrogens is 274 g/mol. The Morgan fingerprint density at radius 2 is 2.00 bits per heavy atom. The molecule has 6 nitrogen and oxygen atoms in total. The van der Waals surface area contributed by atoms with Crippen molar-refractivity contribution >= 4 is 5.97 Å². The largest absolute Gasteiger partial charge is 0.491 e. The molecule has 118 valence electrons. The van der Waals surface area contributed by atoms with Crippen LogP contribution in [-0.2, 0) is 4.74 Å². The second-order valence-corrected chi connectivity index (χ2v) is 4.70. The van der Waals surface area contributed by atoms with E-state index in [9.17, 15) is 9.90 Å². The third-order valence-electron chi connectivity index (χ3n) is 2.81. The van der Waals surface area contributed by atoms with Crippen molar-refractivity contribution in [2.24, 2.45) is 0 Å². The lowest BCUT2D eigenvalue weighted by Crippen LogP contribution is -2.34. The SMILES string of the molecule is CCOC(=O)c1ccc(OC[C@H](O)CN(C)CCO)cc1. The first-order valence-electron chi connectivity index (χ1n) is 6.94. The van der Waals surface area contributed by atoms with Gasteiger partial charge in [-0.05, 0) is 38.2 Å². The summed E-state index contributed by atoms with van der Waals surface area (Å²) in [5.74, 6) is 0.210. The van der Waals surface area contributed by atoms with Gasteiger partial charge in [0, 0.05) is 13.1 Å². The first kappa shape index (κ1) is 17.4. The minimum atomic E-state index is -0.647. The number of ether oxygens (including phenoxy) is 2. The van der Waals surface area contributed by atoms with Gasteiger partial charge in [0.05, 0.1) is 18.8 Å². The summed E-state index contributed by atoms with van der Waals surface area (Å²) in [4.78, 5) is 13.3. The van der Waals surface area contributed by atoms with Crippen LogP contribution in [0, 0.1) is 0 Å². The van der Waals surface area contributed by atoms with Crippen LogP contribution >= 0.6 is 0 Å². The maximum Gasteiger partial charge on any atom is 0.338 e. The van der Waals surface area contributed by atoms with Crippen LogP contribution in [0.3, 0.4) is 0 Å². The van der Waals surface area contributed by atoms with Crippen LogP contribution in [0.1, 0.15) is 17.3 Å². The number of aliphatic hydroxyl groups excluding tert-OH is 2. The maximum atomic E-state index is 11.5. The molecular formula is C15H23NO5. The van der Waals surface area contributed by atoms with Crippen molar-refractivity contribution < 1.29 is 24.5 Å². The van der Waals surface area contributed by atoms with Gasteiger partial charge in [-0.25, -0.2) is 4.79 Å². The second-order valence-electron chi connectivity index (χ2n) is 4.70. The Morgan fingerprint density at radius 1 is 1.33 bits per heavy atom. The first-order valence-corrected chi connectivity index (χ1v) is 6.94. The molecule has 1 atom stereocenters. The average Bonchev–Trinajstić information content (AvgIpc) is 2.46. The monoisotopic (exact) mass is 297 g/mol. The van der Waals surface area contributed by atoms with Gasteiger partial charge in [-0.15, -0.1) is 0 Å². The molecule has 1 rings (SSSR count). The van der Waals surface area contributed by atoms with Crippen LogP contribution in [0.4, 0.5) is 0 Å². The number of hydrogen-bond donors (Lipinski definition) is 2. The highest BCUT2D eigenvalue weighted by atomic mass is 16.5. The predicted molar refractivity (Wildman–Crippen MR) is 78.5 cm³/mol. The van der Waals surface area contributed by atoms with Gasteiger partial charge in [0.1, 0.15) is 18.5 Å². The van der Waals surface area contributed by atoms with E-state index in [0.717, 1.165) is 0 Å². The van der Waals surface area contributed by atoms with Gasteiger partial charge in [-0.3, -0.25) is 0 Å². The molecule has 0 amide bonds. The fourth-order valence-electron chi connectivity index (χ4n) is 1.77. The molecule has 0 unspecified atom stereocenters. The van der Waals surface area contributed by atoms with Gasteiger partial charge in [0.15, 0.2) is 0 Å². The van der Waals surface area contributed by atoms with Crippen LogP contribution in [0.15, 0.2) is 24.3 Å². The van der Waals surface area contributed by atoms with E-state index in [-0.39, 0.29) is 19.2 Å². The molecule has 0 aliphatic carbocycles. The Morgan fingerprint density at radius 3 is 2.57 bits per heavy atom. The van der Waals surface area contributed by atoms with E-state index in [0.29, 0.717) is 31.0 Å². The average molecular weight is 297 g/mol. The van der Waals surface area contributed by atoms with E-state index in [1.54, 1.807) is 31.2 Å². The summed E-state index contributed by atoms with van der Waals surface area (Å²) in [6, 6.07) is 6.57. The third-order valence-corrected chi connectivity index (χ3v) is 2.81. The molecule has 2 N–H and O–H groups in total. The zero-order valence-electron chi connectivity index (χ0n) is 12.5. The van der Waals surface area contributed by atoms with Crippen molar-refractivity contribution in [2.45, 2.75) is 13.0 Å². The van der Waals surface area contributed by atoms with Gasteiger partial charge in [-0.2, -0.15) is 0 Å². The fourth-order valence-corrected chi connectivity index (χ4v) is 1.77. The summed E-state index contributed by atoms with van der Waals surface area (Å²) in [5.41, 5.74) is 0.465. The van der Waals surface area contributed by atoms with Gasteiger partial charge in [0.25, 0.3) is 0 Å². The highest BCUT2D eigenvalue weighted by Gasteiger charge is 2.10. The molecule has 0 saturated carbocycles. The zero-order chi connectivity index (χ0) is 15.7. The molecule has 0 heterocycles. The minimum absolute atomic E-state index is 0.0550. The molecule has 0 fully saturated rings. The number of likely N-dealkylation sites (N-methyl/N-ethyl adjacent to an activating group) is 1. The summed E-state index contributed by atoms with van der Waals surface area (Å²) in [7, 11) is 1.81. The third kappa shape index (κ3) is 6.57. The molecule has 21 heavy (non-hydrogen) atoms. The van der Waals surface area contributed by atoms with Crippen LogP contribution in [0.5, 0.6) is 5.75 Å². The highest BCUT2D eigenvalue weighted by Crippen LogP contribution is 2.13. The summed E-state index contributed by atoms with van der Waals surface area (Å²) >= 11 is 0. The Bertz CT molecular complexity index is 421. The Kier molecular flexibility index (Phi) is 7.74. The number of nitrogens with zero attached hydrogens (tertiary/aromatic N) is 1. The van der Waals surface area contributed by atoms with Gasteiger partial charge in [0.2, 0.25) is 0 Å². The second kappa shape index (κ2) is 9.33. The van der Waals surface area contributed by atoms with Crippen LogP contribution < -0.4 is 4.74 Å². The Hall–Kier alpha value is -1.63. The number of aliphatic hydroxyl groups is 2. The molecule has 1 aromatic rings. The van der Waals surface area contributed by atoms with Crippen molar-refractivity contribution in [3.63, 3.8) is 0 Å². The van der Waals surface area contributed by atoms with Crippen molar-refractivity contribution in [1.29, 1.82) is 0 Å². The van der Waals surface area contributed by atoms with Gasteiger partial charge >= 0.3 is 5.97 Å². The number of carbonyl (C=O) groups excluding carboxylic acids is 1. The Labute approximate surface area is 124 Å². The standard InChI is InChI=1S/C15H23NO5/c1-3-20-15(19)12-4-6-14(7-5-12)21-11-13(18)10-16(2)8-9-17/h4-7,13,17-18H,3,8-11H2,1-2H3/t13-/m1/s1. The lowest BCUT2D eigenvalue weighted by atomic mass is 10.2. The van der Waals surface area contributed by atoms with Crippen molar-refractivity contribution in [1.82, 2.24) is 4.90 Å². The quantitative estimate of drug-likeness (QED) is 0.647. The maximum absolute atomic E-state index is 11.5. The molecule has 0 bridgehead atoms. The van der Waals surface area contributed by atoms with Crippen molar-refractivity contribution in [3.8, 4) is 5.75 Å². The summed E-state index contributed by atoms with van der Waals surface area (Å²) in [6.45, 7) is 3.22. The lowest BCUT2D eigenvalue weighted by molar-refractivity contribution is 0.0525. The molecule has 0 aromatic heterocycles. The number of hydrogen-bond acceptors (Lipinski definition) is 6. The van der Waals surface area contributed by atoms with Crippen molar-refractivity contribution in [3.05, 3.63) is 29.8 Å². The smallest absolute Gasteiger partial charge is 0.338 e. The van der Waals surface area contributed by atoms with Crippen molar-refractivity contribution in [2.75, 3.05) is 40.0 Å². The van der Waals surface area contributed by atoms with Crippen LogP contribution in [0.25, 0.3) is 0 Å². The fraction of sp³-hybridized carbons (Fsp3) is 0.533. The predicted octanol–water partition coefficient (Wildman–Crippen LogP) is 0.527. The molecule has 0 spiro atoms. The van der Waals surface area contributed by atoms with E-state index in [4.69, 9.17) is 14.6 Å². The van der Waals surface area contributed by atoms with Crippen LogP contribution in [0.2, 0.25) is 0 Å². The topological polar surface area (TPSA) is 79.2 Å². The molecule has 1 aromatic carbocycles. The molecule has 0 aliphatic rings. The number of benzene rings is 1. The summed E-state index contributed by atoms with van der Waals surface area (Å²) in [5, 5.41) is 18.6. The number of rotatable bonds is 9. The number of esters is 1. The van der Waals surface area contributed by atoms with Gasteiger partial charge < -0.3 is 24.6 Å². The molecule has 6 heteroatoms. The Balaban J connectivity index is 2.40. The molecule has 0 saturated heterocycles. The van der Waals surface area contributed by atoms with Crippen LogP contribution in [-0.4, -0.2) is 67.1 Å². The first-order chi connectivity index (χ1) is 10.1. The van der Waals surface area contributed by atoms with E-state index in [1.165, 1.54) is 0 Å². The van der Waals surface area contributed by atoms with Gasteiger partial charge in [-0.1, -0.05) is 0 Å². The minimum Gasteiger partial charge on any atom is -0.491 e. The van der Waals surface area contributed by atoms with E-state index in [1.807, 2.05) is 11.9 Å². The molecule has 0 radical (unpaired) electrons. The zero-order valence-corrected chi connectivity index (χ0v) is 12.5. The molecule has 0 aliphatic heterocycles. The van der Waals surface area contributed by atoms with E-state index < -0.39 is 6.10 Å². The lowest BCUT2D eigenvalue weighted by Gasteiger charge is -2.19. The summed E-state index contributed by atoms with van der Waals surface area (Å²) < 4.78 is 10.3.